The molecule has 17 rings (SSSR count). The number of carbonyl (C=O) groups excluding carboxylic acids is 8. The van der Waals surface area contributed by atoms with Gasteiger partial charge in [0.1, 0.15) is 11.6 Å². The van der Waals surface area contributed by atoms with E-state index in [1.807, 2.05) is 97.1 Å². The van der Waals surface area contributed by atoms with Crippen molar-refractivity contribution in [1.29, 1.82) is 0 Å². The monoisotopic (exact) mass is 1950 g/mol. The molecule has 0 radical (unpaired) electrons. The molecule has 4 unspecified atom stereocenters. The Hall–Kier alpha value is -10.2. The van der Waals surface area contributed by atoms with Crippen molar-refractivity contribution < 1.29 is 47.1 Å². The first-order chi connectivity index (χ1) is 69.4. The fraction of sp³-hybridized carbons (Fsp3) is 0.508. The molecule has 2 aromatic heterocycles. The summed E-state index contributed by atoms with van der Waals surface area (Å²) in [4.78, 5) is 133. The van der Waals surface area contributed by atoms with Gasteiger partial charge in [-0.25, -0.2) is 8.78 Å². The second kappa shape index (κ2) is 48.2. The molecule has 0 saturated heterocycles. The van der Waals surface area contributed by atoms with E-state index in [0.29, 0.717) is 121 Å². The molecule has 0 N–H and O–H groups in total. The molecule has 11 aromatic carbocycles. The second-order valence-corrected chi connectivity index (χ2v) is 44.9. The van der Waals surface area contributed by atoms with Gasteiger partial charge in [0, 0.05) is 134 Å². The number of halogens is 2. The normalized spacial score (nSPS) is 14.8. The molecule has 16 heteroatoms. The molecule has 0 bridgehead atoms. The minimum absolute atomic E-state index is 0.0279. The summed E-state index contributed by atoms with van der Waals surface area (Å²) < 4.78 is 36.4. The summed E-state index contributed by atoms with van der Waals surface area (Å²) >= 11 is 2.56. The van der Waals surface area contributed by atoms with Gasteiger partial charge in [-0.2, -0.15) is 0 Å². The van der Waals surface area contributed by atoms with Gasteiger partial charge in [0.2, 0.25) is 0 Å². The number of rotatable bonds is 60. The van der Waals surface area contributed by atoms with E-state index in [0.717, 1.165) is 285 Å². The fourth-order valence-electron chi connectivity index (χ4n) is 24.8. The minimum Gasteiger partial charge on any atom is -0.274 e. The molecule has 8 amide bonds. The van der Waals surface area contributed by atoms with Crippen LogP contribution in [0.2, 0.25) is 0 Å². The lowest BCUT2D eigenvalue weighted by Gasteiger charge is -2.33. The van der Waals surface area contributed by atoms with E-state index in [2.05, 4.69) is 55.4 Å². The third-order valence-corrected chi connectivity index (χ3v) is 34.9. The van der Waals surface area contributed by atoms with Gasteiger partial charge in [-0.3, -0.25) is 58.0 Å². The van der Waals surface area contributed by atoms with Gasteiger partial charge in [-0.05, 0) is 225 Å². The molecule has 13 aromatic rings. The number of benzene rings is 11. The number of nitrogens with zero attached hydrogens (tertiary/aromatic N) is 4. The number of imide groups is 4. The highest BCUT2D eigenvalue weighted by molar-refractivity contribution is 7.19. The highest BCUT2D eigenvalue weighted by Crippen LogP contribution is 2.55. The first-order valence-corrected chi connectivity index (χ1v) is 57.7. The zero-order valence-electron chi connectivity index (χ0n) is 86.3. The molecule has 0 fully saturated rings. The zero-order chi connectivity index (χ0) is 99.2. The molecular formula is C126H152F2N4O8S2. The molecule has 0 spiro atoms. The van der Waals surface area contributed by atoms with Gasteiger partial charge in [-0.15, -0.1) is 22.7 Å². The van der Waals surface area contributed by atoms with E-state index in [-0.39, 0.29) is 95.1 Å². The highest BCUT2D eigenvalue weighted by Gasteiger charge is 2.43. The van der Waals surface area contributed by atoms with Crippen molar-refractivity contribution in [2.24, 2.45) is 23.7 Å². The molecule has 6 heterocycles. The first kappa shape index (κ1) is 103. The third-order valence-electron chi connectivity index (χ3n) is 32.6. The minimum atomic E-state index is -0.671. The third kappa shape index (κ3) is 21.3. The molecule has 750 valence electrons. The molecule has 4 aliphatic heterocycles. The van der Waals surface area contributed by atoms with Crippen LogP contribution in [-0.4, -0.2) is 93.0 Å². The Morgan fingerprint density at radius 1 is 0.190 bits per heavy atom. The van der Waals surface area contributed by atoms with Crippen molar-refractivity contribution in [2.75, 3.05) is 26.2 Å². The number of amides is 8. The maximum atomic E-state index is 18.2. The summed E-state index contributed by atoms with van der Waals surface area (Å²) in [5.74, 6) is -3.47. The molecule has 12 nitrogen and oxygen atoms in total. The Bertz CT molecular complexity index is 6310. The van der Waals surface area contributed by atoms with Crippen LogP contribution in [0.3, 0.4) is 0 Å². The lowest BCUT2D eigenvalue weighted by molar-refractivity contribution is 0.0563. The number of carbonyl (C=O) groups is 8. The Balaban J connectivity index is 0.762. The van der Waals surface area contributed by atoms with Crippen molar-refractivity contribution in [3.63, 3.8) is 0 Å². The van der Waals surface area contributed by atoms with E-state index < -0.39 is 11.6 Å². The Labute approximate surface area is 849 Å². The van der Waals surface area contributed by atoms with Crippen molar-refractivity contribution >= 4 is 156 Å². The number of hydrogen-bond donors (Lipinski definition) is 0. The summed E-state index contributed by atoms with van der Waals surface area (Å²) in [7, 11) is 0. The van der Waals surface area contributed by atoms with Crippen LogP contribution in [0.5, 0.6) is 0 Å². The largest absolute Gasteiger partial charge is 0.274 e. The average molecular weight is 1950 g/mol. The van der Waals surface area contributed by atoms with Crippen LogP contribution >= 0.6 is 22.7 Å². The quantitative estimate of drug-likeness (QED) is 0.0158. The molecular weight excluding hydrogens is 1800 g/mol. The van der Waals surface area contributed by atoms with Gasteiger partial charge in [0.15, 0.2) is 0 Å². The van der Waals surface area contributed by atoms with E-state index in [1.54, 1.807) is 12.1 Å². The number of thiophene rings is 2. The SMILES string of the molecule is CCCCCCCCC(CCCCCC)CN1C(=O)c2ccc3c4ccc5c6c(cc(-c7ccc(-c8cc(F)c(-c9ccc(-c%10cc%11c%12c(ccc%13c%14ccc%15c%16c(ccc(c%10c%12%13)c%16%14)C(=O)N(CC(CCCCCC)CCCCCCCC)C%15=O)C(=O)N(CC(CCCCCC)CCCCCCCC)C%11=O)s9)cc8F)s7)c(c7ccc(c2c37)C1=O)c64)C(=O)N(CC(CCCCCC)CCCCCCCC)C5=O. The van der Waals surface area contributed by atoms with Crippen LogP contribution in [0.25, 0.3) is 128 Å². The van der Waals surface area contributed by atoms with Crippen molar-refractivity contribution in [2.45, 2.75) is 364 Å². The summed E-state index contributed by atoms with van der Waals surface area (Å²) in [6.45, 7) is 19.0. The van der Waals surface area contributed by atoms with Crippen molar-refractivity contribution in [1.82, 2.24) is 19.6 Å². The lowest BCUT2D eigenvalue weighted by atomic mass is 9.80. The summed E-state index contributed by atoms with van der Waals surface area (Å²) in [6, 6.07) is 36.9. The Morgan fingerprint density at radius 3 is 0.620 bits per heavy atom. The maximum Gasteiger partial charge on any atom is 0.261 e. The Morgan fingerprint density at radius 2 is 0.380 bits per heavy atom. The van der Waals surface area contributed by atoms with Gasteiger partial charge in [0.05, 0.1) is 0 Å². The van der Waals surface area contributed by atoms with E-state index in [1.165, 1.54) is 131 Å². The number of fused-ring (bicyclic) bond motifs is 4. The maximum absolute atomic E-state index is 18.2. The lowest BCUT2D eigenvalue weighted by Crippen LogP contribution is -2.43. The summed E-state index contributed by atoms with van der Waals surface area (Å²) in [5.41, 5.74) is 4.80. The van der Waals surface area contributed by atoms with Crippen LogP contribution in [0, 0.1) is 35.3 Å². The van der Waals surface area contributed by atoms with Crippen LogP contribution in [-0.2, 0) is 0 Å². The molecule has 0 saturated carbocycles. The van der Waals surface area contributed by atoms with Crippen LogP contribution < -0.4 is 0 Å². The predicted molar refractivity (Wildman–Crippen MR) is 589 cm³/mol. The molecule has 4 aliphatic rings. The van der Waals surface area contributed by atoms with Crippen LogP contribution in [0.1, 0.15) is 446 Å². The first-order valence-electron chi connectivity index (χ1n) is 56.0. The second-order valence-electron chi connectivity index (χ2n) is 42.8. The van der Waals surface area contributed by atoms with Crippen molar-refractivity contribution in [3.8, 4) is 41.8 Å². The highest BCUT2D eigenvalue weighted by atomic mass is 32.1. The van der Waals surface area contributed by atoms with Gasteiger partial charge in [-0.1, -0.05) is 349 Å². The fourth-order valence-corrected chi connectivity index (χ4v) is 26.9. The van der Waals surface area contributed by atoms with Gasteiger partial charge >= 0.3 is 0 Å². The summed E-state index contributed by atoms with van der Waals surface area (Å²) in [5, 5.41) is 11.2. The number of hydrogen-bond acceptors (Lipinski definition) is 10. The zero-order valence-corrected chi connectivity index (χ0v) is 87.9. The van der Waals surface area contributed by atoms with E-state index in [4.69, 9.17) is 0 Å². The topological polar surface area (TPSA) is 150 Å². The predicted octanol–water partition coefficient (Wildman–Crippen LogP) is 36.6. The van der Waals surface area contributed by atoms with Gasteiger partial charge < -0.3 is 0 Å². The number of unbranched alkanes of at least 4 members (excludes halogenated alkanes) is 32. The van der Waals surface area contributed by atoms with Crippen LogP contribution in [0.4, 0.5) is 8.78 Å². The average Bonchev–Trinajstić information content (AvgIpc) is 1.07. The Kier molecular flexibility index (Phi) is 35.1. The smallest absolute Gasteiger partial charge is 0.261 e. The van der Waals surface area contributed by atoms with Gasteiger partial charge in [0.25, 0.3) is 47.3 Å². The van der Waals surface area contributed by atoms with Crippen molar-refractivity contribution in [3.05, 3.63) is 177 Å². The molecule has 142 heavy (non-hydrogen) atoms. The molecule has 0 aliphatic carbocycles. The van der Waals surface area contributed by atoms with Crippen LogP contribution in [0.15, 0.2) is 121 Å². The standard InChI is InChI=1S/C126H152F2N4O8S2/c1-9-17-25-33-37-45-53-81(49-41-29-21-13-5)77-129-119(133)91-63-57-85-87-59-65-95-115-101(125(139)131(123(95)137)79-83(51-43-31-23-15-7)55-47-39-35-27-19-11-3)73-99(111(117(87)115)89-61-67-93(121(129)135)113(91)109(85)89)107-71-69-105(141-107)97-75-104(128)98(76-103(97)127)106-70-72-108(142-106)100-74-102-116-96(124(138)132(126(102)140)80-84(52-44-32-24-16-8)56-48-40-36-28-20-12-4)66-60-88-86-58-64-92-114-94(68-62-90(110(86)114)112(100)118(88)116)122(136)130(120(92)134)78-82(50-42-30-22-14-6)54-46-38-34-26-18-10-2/h57-76,81-84H,9-56,77-80H2,1-8H3. The summed E-state index contributed by atoms with van der Waals surface area (Å²) in [6.07, 6.45) is 52.3. The van der Waals surface area contributed by atoms with E-state index in [9.17, 15) is 0 Å². The molecule has 4 atom stereocenters. The van der Waals surface area contributed by atoms with E-state index >= 15 is 47.1 Å².